The summed E-state index contributed by atoms with van der Waals surface area (Å²) in [5.41, 5.74) is -0.468. The maximum atomic E-state index is 13.7. The van der Waals surface area contributed by atoms with Crippen LogP contribution < -0.4 is 23.7 Å². The van der Waals surface area contributed by atoms with Gasteiger partial charge in [-0.3, -0.25) is 4.79 Å². The van der Waals surface area contributed by atoms with E-state index in [2.05, 4.69) is 0 Å². The van der Waals surface area contributed by atoms with E-state index in [9.17, 15) is 4.79 Å². The number of methoxy groups -OCH3 is 4. The van der Waals surface area contributed by atoms with Crippen molar-refractivity contribution in [2.24, 2.45) is 0 Å². The van der Waals surface area contributed by atoms with Gasteiger partial charge in [-0.1, -0.05) is 0 Å². The molecule has 2 aromatic rings. The Morgan fingerprint density at radius 2 is 1.63 bits per heavy atom. The maximum absolute atomic E-state index is 13.7. The number of rotatable bonds is 7. The van der Waals surface area contributed by atoms with E-state index in [1.807, 2.05) is 6.92 Å². The number of carbonyl (C=O) groups excluding carboxylic acids is 1. The SMILES string of the molecule is CCOC1(c2ccc(OC)c(OC)c2)Oc2cc(OC)cc(OC)c2C(=O)C12CO2. The highest BCUT2D eigenvalue weighted by Gasteiger charge is 2.74. The minimum Gasteiger partial charge on any atom is -0.496 e. The molecule has 0 amide bonds. The molecule has 2 unspecified atom stereocenters. The van der Waals surface area contributed by atoms with Crippen molar-refractivity contribution in [3.63, 3.8) is 0 Å². The van der Waals surface area contributed by atoms with E-state index in [-0.39, 0.29) is 19.0 Å². The van der Waals surface area contributed by atoms with Crippen LogP contribution in [-0.2, 0) is 15.3 Å². The minimum absolute atomic E-state index is 0.148. The second kappa shape index (κ2) is 7.37. The van der Waals surface area contributed by atoms with E-state index >= 15 is 0 Å². The highest BCUT2D eigenvalue weighted by atomic mass is 16.8. The lowest BCUT2D eigenvalue weighted by Gasteiger charge is -2.42. The first kappa shape index (κ1) is 20.3. The molecule has 2 aromatic carbocycles. The fourth-order valence-electron chi connectivity index (χ4n) is 3.90. The maximum Gasteiger partial charge on any atom is 0.276 e. The van der Waals surface area contributed by atoms with E-state index in [0.717, 1.165) is 0 Å². The number of hydrogen-bond donors (Lipinski definition) is 0. The number of ketones is 1. The van der Waals surface area contributed by atoms with Gasteiger partial charge in [-0.2, -0.15) is 0 Å². The second-order valence-electron chi connectivity index (χ2n) is 6.87. The lowest BCUT2D eigenvalue weighted by Crippen LogP contribution is -2.57. The highest BCUT2D eigenvalue weighted by molar-refractivity contribution is 6.10. The molecule has 8 heteroatoms. The molecule has 2 aliphatic heterocycles. The third kappa shape index (κ3) is 2.71. The molecule has 0 N–H and O–H groups in total. The van der Waals surface area contributed by atoms with Gasteiger partial charge in [-0.15, -0.1) is 0 Å². The van der Waals surface area contributed by atoms with Crippen LogP contribution in [0.5, 0.6) is 28.7 Å². The van der Waals surface area contributed by atoms with Crippen molar-refractivity contribution in [2.45, 2.75) is 18.3 Å². The summed E-state index contributed by atoms with van der Waals surface area (Å²) in [7, 11) is 6.11. The first-order valence-electron chi connectivity index (χ1n) is 9.50. The van der Waals surface area contributed by atoms with E-state index in [1.54, 1.807) is 37.4 Å². The van der Waals surface area contributed by atoms with Gasteiger partial charge in [0.05, 0.1) is 35.0 Å². The number of fused-ring (bicyclic) bond motifs is 1. The molecule has 4 rings (SSSR count). The quantitative estimate of drug-likeness (QED) is 0.637. The molecule has 0 aliphatic carbocycles. The fraction of sp³-hybridized carbons (Fsp3) is 0.409. The normalized spacial score (nSPS) is 24.1. The van der Waals surface area contributed by atoms with Crippen molar-refractivity contribution < 1.29 is 38.0 Å². The summed E-state index contributed by atoms with van der Waals surface area (Å²) in [6, 6.07) is 8.52. The van der Waals surface area contributed by atoms with Crippen LogP contribution in [0.1, 0.15) is 22.8 Å². The third-order valence-electron chi connectivity index (χ3n) is 5.42. The van der Waals surface area contributed by atoms with Gasteiger partial charge in [-0.05, 0) is 25.1 Å². The van der Waals surface area contributed by atoms with Crippen LogP contribution in [0.4, 0.5) is 0 Å². The van der Waals surface area contributed by atoms with Crippen LogP contribution in [0, 0.1) is 0 Å². The Kier molecular flexibility index (Phi) is 4.99. The molecule has 0 saturated carbocycles. The molecule has 0 aromatic heterocycles. The highest BCUT2D eigenvalue weighted by Crippen LogP contribution is 2.57. The molecule has 2 atom stereocenters. The molecule has 8 nitrogen and oxygen atoms in total. The van der Waals surface area contributed by atoms with Crippen LogP contribution in [0.3, 0.4) is 0 Å². The lowest BCUT2D eigenvalue weighted by molar-refractivity contribution is -0.223. The van der Waals surface area contributed by atoms with Gasteiger partial charge >= 0.3 is 0 Å². The summed E-state index contributed by atoms with van der Waals surface area (Å²) in [6.45, 7) is 2.26. The van der Waals surface area contributed by atoms with Crippen molar-refractivity contribution in [2.75, 3.05) is 41.7 Å². The number of ether oxygens (including phenoxy) is 7. The Hall–Kier alpha value is -2.97. The van der Waals surface area contributed by atoms with Crippen molar-refractivity contribution in [1.82, 2.24) is 0 Å². The van der Waals surface area contributed by atoms with E-state index in [0.29, 0.717) is 39.9 Å². The summed E-state index contributed by atoms with van der Waals surface area (Å²) in [4.78, 5) is 13.7. The molecule has 0 bridgehead atoms. The van der Waals surface area contributed by atoms with Crippen molar-refractivity contribution >= 4 is 5.78 Å². The zero-order valence-corrected chi connectivity index (χ0v) is 17.6. The van der Waals surface area contributed by atoms with Gasteiger partial charge in [0.1, 0.15) is 22.8 Å². The number of Topliss-reactive ketones (excluding diaryl/α,β-unsaturated/α-hetero) is 1. The van der Waals surface area contributed by atoms with Gasteiger partial charge in [0.2, 0.25) is 11.4 Å². The zero-order chi connectivity index (χ0) is 21.5. The van der Waals surface area contributed by atoms with Crippen molar-refractivity contribution in [1.29, 1.82) is 0 Å². The van der Waals surface area contributed by atoms with Gasteiger partial charge in [-0.25, -0.2) is 0 Å². The largest absolute Gasteiger partial charge is 0.496 e. The number of benzene rings is 2. The fourth-order valence-corrected chi connectivity index (χ4v) is 3.90. The summed E-state index contributed by atoms with van der Waals surface area (Å²) in [5, 5.41) is 0. The van der Waals surface area contributed by atoms with Crippen molar-refractivity contribution in [3.05, 3.63) is 41.5 Å². The Morgan fingerprint density at radius 3 is 2.20 bits per heavy atom. The van der Waals surface area contributed by atoms with Crippen LogP contribution in [-0.4, -0.2) is 53.0 Å². The molecule has 160 valence electrons. The monoisotopic (exact) mass is 416 g/mol. The standard InChI is InChI=1S/C22H24O8/c1-6-28-22(13-7-8-15(25-3)16(9-13)26-4)21(12-29-21)20(23)19-17(27-5)10-14(24-2)11-18(19)30-22/h7-11H,6,12H2,1-5H3. The predicted molar refractivity (Wildman–Crippen MR) is 106 cm³/mol. The third-order valence-corrected chi connectivity index (χ3v) is 5.42. The second-order valence-corrected chi connectivity index (χ2v) is 6.87. The summed E-state index contributed by atoms with van der Waals surface area (Å²) in [6.07, 6.45) is 0. The number of hydrogen-bond acceptors (Lipinski definition) is 8. The summed E-state index contributed by atoms with van der Waals surface area (Å²) >= 11 is 0. The van der Waals surface area contributed by atoms with Gasteiger partial charge in [0.25, 0.3) is 5.79 Å². The topological polar surface area (TPSA) is 85.0 Å². The van der Waals surface area contributed by atoms with Crippen LogP contribution in [0.15, 0.2) is 30.3 Å². The molecule has 2 heterocycles. The van der Waals surface area contributed by atoms with E-state index < -0.39 is 11.4 Å². The number of carbonyl (C=O) groups is 1. The molecule has 30 heavy (non-hydrogen) atoms. The van der Waals surface area contributed by atoms with Crippen LogP contribution in [0.25, 0.3) is 0 Å². The molecule has 1 saturated heterocycles. The van der Waals surface area contributed by atoms with Gasteiger partial charge in [0, 0.05) is 24.3 Å². The molecule has 1 fully saturated rings. The Bertz CT molecular complexity index is 981. The zero-order valence-electron chi connectivity index (χ0n) is 17.6. The molecular formula is C22H24O8. The molecule has 2 aliphatic rings. The van der Waals surface area contributed by atoms with Crippen molar-refractivity contribution in [3.8, 4) is 28.7 Å². The van der Waals surface area contributed by atoms with Gasteiger partial charge in [0.15, 0.2) is 11.5 Å². The Morgan fingerprint density at radius 1 is 0.933 bits per heavy atom. The molecule has 1 spiro atoms. The van der Waals surface area contributed by atoms with E-state index in [4.69, 9.17) is 33.2 Å². The van der Waals surface area contributed by atoms with E-state index in [1.165, 1.54) is 21.3 Å². The molecular weight excluding hydrogens is 392 g/mol. The average molecular weight is 416 g/mol. The van der Waals surface area contributed by atoms with Gasteiger partial charge < -0.3 is 33.2 Å². The lowest BCUT2D eigenvalue weighted by atomic mass is 9.82. The number of epoxide rings is 1. The first-order chi connectivity index (χ1) is 14.5. The summed E-state index contributed by atoms with van der Waals surface area (Å²) < 4.78 is 39.9. The first-order valence-corrected chi connectivity index (χ1v) is 9.50. The van der Waals surface area contributed by atoms with Crippen LogP contribution in [0.2, 0.25) is 0 Å². The Balaban J connectivity index is 1.95. The smallest absolute Gasteiger partial charge is 0.276 e. The predicted octanol–water partition coefficient (Wildman–Crippen LogP) is 2.95. The summed E-state index contributed by atoms with van der Waals surface area (Å²) in [5.74, 6) is 0.375. The molecule has 0 radical (unpaired) electrons. The van der Waals surface area contributed by atoms with Crippen LogP contribution >= 0.6 is 0 Å². The Labute approximate surface area is 174 Å². The average Bonchev–Trinajstić information content (AvgIpc) is 3.58. The minimum atomic E-state index is -1.51.